The van der Waals surface area contributed by atoms with Crippen LogP contribution in [0.25, 0.3) is 0 Å². The maximum absolute atomic E-state index is 13.7. The highest BCUT2D eigenvalue weighted by Gasteiger charge is 2.21. The number of carbonyl (C=O) groups excluding carboxylic acids is 1. The van der Waals surface area contributed by atoms with Crippen molar-refractivity contribution >= 4 is 21.8 Å². The molecule has 3 rings (SSSR count). The van der Waals surface area contributed by atoms with Crippen molar-refractivity contribution in [1.82, 2.24) is 19.6 Å². The second-order valence-corrected chi connectivity index (χ2v) is 6.84. The van der Waals surface area contributed by atoms with Gasteiger partial charge in [0.05, 0.1) is 10.7 Å². The molecule has 2 aromatic rings. The first kappa shape index (κ1) is 17.1. The van der Waals surface area contributed by atoms with Crippen LogP contribution in [-0.4, -0.2) is 51.7 Å². The summed E-state index contributed by atoms with van der Waals surface area (Å²) in [6.45, 7) is 4.10. The lowest BCUT2D eigenvalue weighted by Crippen LogP contribution is -2.48. The Balaban J connectivity index is 1.44. The SMILES string of the molecule is O=C(CCn1cc(Br)cn1)N1CCN(Cc2ccccc2F)CC1. The number of aryl methyl sites for hydroxylation is 1. The van der Waals surface area contributed by atoms with E-state index in [1.165, 1.54) is 6.07 Å². The zero-order valence-corrected chi connectivity index (χ0v) is 15.0. The van der Waals surface area contributed by atoms with E-state index in [4.69, 9.17) is 0 Å². The Morgan fingerprint density at radius 1 is 1.21 bits per heavy atom. The minimum Gasteiger partial charge on any atom is -0.340 e. The molecular weight excluding hydrogens is 375 g/mol. The molecule has 0 radical (unpaired) electrons. The Bertz CT molecular complexity index is 697. The van der Waals surface area contributed by atoms with Crippen LogP contribution in [0, 0.1) is 5.82 Å². The molecule has 0 spiro atoms. The third-order valence-electron chi connectivity index (χ3n) is 4.23. The van der Waals surface area contributed by atoms with Crippen molar-refractivity contribution in [2.24, 2.45) is 0 Å². The van der Waals surface area contributed by atoms with Crippen molar-refractivity contribution in [2.45, 2.75) is 19.5 Å². The van der Waals surface area contributed by atoms with Gasteiger partial charge < -0.3 is 4.90 Å². The van der Waals surface area contributed by atoms with Gasteiger partial charge in [0.1, 0.15) is 5.82 Å². The standard InChI is InChI=1S/C17H20BrFN4O/c18-15-11-20-23(13-15)6-5-17(24)22-9-7-21(8-10-22)12-14-3-1-2-4-16(14)19/h1-4,11,13H,5-10,12H2. The molecule has 0 bridgehead atoms. The highest BCUT2D eigenvalue weighted by Crippen LogP contribution is 2.13. The van der Waals surface area contributed by atoms with E-state index in [1.807, 2.05) is 23.2 Å². The summed E-state index contributed by atoms with van der Waals surface area (Å²) < 4.78 is 16.4. The van der Waals surface area contributed by atoms with E-state index in [0.717, 1.165) is 17.6 Å². The lowest BCUT2D eigenvalue weighted by molar-refractivity contribution is -0.133. The molecule has 0 N–H and O–H groups in total. The van der Waals surface area contributed by atoms with E-state index in [2.05, 4.69) is 25.9 Å². The Morgan fingerprint density at radius 2 is 1.96 bits per heavy atom. The van der Waals surface area contributed by atoms with E-state index in [1.54, 1.807) is 16.9 Å². The molecular formula is C17H20BrFN4O. The molecule has 1 amide bonds. The summed E-state index contributed by atoms with van der Waals surface area (Å²) >= 11 is 3.34. The van der Waals surface area contributed by atoms with Gasteiger partial charge in [-0.1, -0.05) is 18.2 Å². The number of hydrogen-bond acceptors (Lipinski definition) is 3. The molecule has 0 unspecified atom stereocenters. The third-order valence-corrected chi connectivity index (χ3v) is 4.64. The number of nitrogens with zero attached hydrogens (tertiary/aromatic N) is 4. The van der Waals surface area contributed by atoms with E-state index in [-0.39, 0.29) is 11.7 Å². The molecule has 2 heterocycles. The molecule has 1 aromatic carbocycles. The molecule has 1 aliphatic rings. The second kappa shape index (κ2) is 7.90. The number of carbonyl (C=O) groups is 1. The van der Waals surface area contributed by atoms with Crippen LogP contribution in [0.2, 0.25) is 0 Å². The smallest absolute Gasteiger partial charge is 0.224 e. The van der Waals surface area contributed by atoms with Crippen LogP contribution in [0.3, 0.4) is 0 Å². The summed E-state index contributed by atoms with van der Waals surface area (Å²) in [7, 11) is 0. The van der Waals surface area contributed by atoms with Gasteiger partial charge in [0.25, 0.3) is 0 Å². The lowest BCUT2D eigenvalue weighted by atomic mass is 10.2. The van der Waals surface area contributed by atoms with Crippen LogP contribution in [0.1, 0.15) is 12.0 Å². The Kier molecular flexibility index (Phi) is 5.63. The first-order valence-corrected chi connectivity index (χ1v) is 8.82. The topological polar surface area (TPSA) is 41.4 Å². The number of rotatable bonds is 5. The summed E-state index contributed by atoms with van der Waals surface area (Å²) in [5.41, 5.74) is 0.710. The first-order valence-electron chi connectivity index (χ1n) is 8.03. The third kappa shape index (κ3) is 4.42. The summed E-state index contributed by atoms with van der Waals surface area (Å²) in [5.74, 6) is -0.0199. The molecule has 1 fully saturated rings. The van der Waals surface area contributed by atoms with Gasteiger partial charge in [-0.25, -0.2) is 4.39 Å². The van der Waals surface area contributed by atoms with E-state index in [0.29, 0.717) is 38.2 Å². The lowest BCUT2D eigenvalue weighted by Gasteiger charge is -2.34. The Hall–Kier alpha value is -1.73. The van der Waals surface area contributed by atoms with Crippen molar-refractivity contribution < 1.29 is 9.18 Å². The van der Waals surface area contributed by atoms with Crippen molar-refractivity contribution in [3.05, 3.63) is 52.5 Å². The van der Waals surface area contributed by atoms with Gasteiger partial charge in [0.2, 0.25) is 5.91 Å². The minimum atomic E-state index is -0.165. The average molecular weight is 395 g/mol. The van der Waals surface area contributed by atoms with E-state index < -0.39 is 0 Å². The van der Waals surface area contributed by atoms with Gasteiger partial charge in [-0.2, -0.15) is 5.10 Å². The summed E-state index contributed by atoms with van der Waals surface area (Å²) in [4.78, 5) is 16.4. The monoisotopic (exact) mass is 394 g/mol. The molecule has 24 heavy (non-hydrogen) atoms. The van der Waals surface area contributed by atoms with Crippen molar-refractivity contribution in [1.29, 1.82) is 0 Å². The molecule has 1 saturated heterocycles. The molecule has 5 nitrogen and oxygen atoms in total. The van der Waals surface area contributed by atoms with Crippen molar-refractivity contribution in [2.75, 3.05) is 26.2 Å². The number of hydrogen-bond donors (Lipinski definition) is 0. The minimum absolute atomic E-state index is 0.146. The number of benzene rings is 1. The zero-order chi connectivity index (χ0) is 16.9. The van der Waals surface area contributed by atoms with Crippen LogP contribution in [0.4, 0.5) is 4.39 Å². The number of piperazine rings is 1. The number of amides is 1. The number of aromatic nitrogens is 2. The maximum Gasteiger partial charge on any atom is 0.224 e. The molecule has 1 aromatic heterocycles. The second-order valence-electron chi connectivity index (χ2n) is 5.92. The highest BCUT2D eigenvalue weighted by atomic mass is 79.9. The zero-order valence-electron chi connectivity index (χ0n) is 13.4. The van der Waals surface area contributed by atoms with Gasteiger partial charge in [0.15, 0.2) is 0 Å². The molecule has 128 valence electrons. The van der Waals surface area contributed by atoms with Gasteiger partial charge in [-0.05, 0) is 22.0 Å². The van der Waals surface area contributed by atoms with Gasteiger partial charge in [0, 0.05) is 57.4 Å². The largest absolute Gasteiger partial charge is 0.340 e. The van der Waals surface area contributed by atoms with Gasteiger partial charge in [-0.3, -0.25) is 14.4 Å². The highest BCUT2D eigenvalue weighted by molar-refractivity contribution is 9.10. The maximum atomic E-state index is 13.7. The molecule has 0 atom stereocenters. The average Bonchev–Trinajstić information content (AvgIpc) is 3.01. The van der Waals surface area contributed by atoms with E-state index in [9.17, 15) is 9.18 Å². The fourth-order valence-corrected chi connectivity index (χ4v) is 3.18. The quantitative estimate of drug-likeness (QED) is 0.782. The first-order chi connectivity index (χ1) is 11.6. The predicted octanol–water partition coefficient (Wildman–Crippen LogP) is 2.52. The van der Waals surface area contributed by atoms with Crippen LogP contribution in [0.15, 0.2) is 41.1 Å². The fourth-order valence-electron chi connectivity index (χ4n) is 2.85. The van der Waals surface area contributed by atoms with Crippen molar-refractivity contribution in [3.8, 4) is 0 Å². The molecule has 0 saturated carbocycles. The molecule has 7 heteroatoms. The predicted molar refractivity (Wildman–Crippen MR) is 92.8 cm³/mol. The molecule has 0 aliphatic carbocycles. The summed E-state index contributed by atoms with van der Waals surface area (Å²) in [6.07, 6.45) is 4.02. The summed E-state index contributed by atoms with van der Waals surface area (Å²) in [6, 6.07) is 6.86. The Morgan fingerprint density at radius 3 is 2.62 bits per heavy atom. The van der Waals surface area contributed by atoms with Crippen LogP contribution >= 0.6 is 15.9 Å². The van der Waals surface area contributed by atoms with Crippen molar-refractivity contribution in [3.63, 3.8) is 0 Å². The van der Waals surface area contributed by atoms with Gasteiger partial charge >= 0.3 is 0 Å². The Labute approximate surface area is 149 Å². The van der Waals surface area contributed by atoms with Gasteiger partial charge in [-0.15, -0.1) is 0 Å². The van der Waals surface area contributed by atoms with Crippen LogP contribution < -0.4 is 0 Å². The van der Waals surface area contributed by atoms with E-state index >= 15 is 0 Å². The van der Waals surface area contributed by atoms with Crippen LogP contribution in [0.5, 0.6) is 0 Å². The fraction of sp³-hybridized carbons (Fsp3) is 0.412. The van der Waals surface area contributed by atoms with Crippen LogP contribution in [-0.2, 0) is 17.9 Å². The normalized spacial score (nSPS) is 15.7. The number of halogens is 2. The summed E-state index contributed by atoms with van der Waals surface area (Å²) in [5, 5.41) is 4.16. The molecule has 1 aliphatic heterocycles.